The lowest BCUT2D eigenvalue weighted by Crippen LogP contribution is -2.45. The summed E-state index contributed by atoms with van der Waals surface area (Å²) in [5, 5.41) is 18.6. The quantitative estimate of drug-likeness (QED) is 0.223. The van der Waals surface area contributed by atoms with Crippen LogP contribution in [0.5, 0.6) is 0 Å². The van der Waals surface area contributed by atoms with Crippen molar-refractivity contribution in [2.75, 3.05) is 5.32 Å². The summed E-state index contributed by atoms with van der Waals surface area (Å²) in [6.45, 7) is 3.60. The monoisotopic (exact) mass is 498 g/mol. The lowest BCUT2D eigenvalue weighted by molar-refractivity contribution is -0.141. The highest BCUT2D eigenvalue weighted by atomic mass is 16.4. The van der Waals surface area contributed by atoms with Crippen LogP contribution >= 0.6 is 0 Å². The molecule has 0 fully saturated rings. The Labute approximate surface area is 212 Å². The zero-order valence-electron chi connectivity index (χ0n) is 20.3. The van der Waals surface area contributed by atoms with Gasteiger partial charge in [0.25, 0.3) is 11.8 Å². The number of aliphatic carboxylic acids is 1. The number of carbonyl (C=O) groups excluding carboxylic acids is 2. The van der Waals surface area contributed by atoms with Gasteiger partial charge in [0, 0.05) is 46.7 Å². The Morgan fingerprint density at radius 1 is 1.00 bits per heavy atom. The minimum Gasteiger partial charge on any atom is -0.480 e. The fourth-order valence-corrected chi connectivity index (χ4v) is 3.83. The van der Waals surface area contributed by atoms with Crippen molar-refractivity contribution in [2.45, 2.75) is 26.3 Å². The highest BCUT2D eigenvalue weighted by Gasteiger charge is 2.24. The Kier molecular flexibility index (Phi) is 7.58. The molecule has 1 unspecified atom stereocenters. The average Bonchev–Trinajstić information content (AvgIpc) is 3.28. The molecule has 10 nitrogen and oxygen atoms in total. The minimum atomic E-state index is -1.25. The molecular formula is C27H26N6O4. The number of rotatable bonds is 9. The first-order valence-corrected chi connectivity index (χ1v) is 11.5. The number of benzene rings is 2. The fourth-order valence-electron chi connectivity index (χ4n) is 3.83. The van der Waals surface area contributed by atoms with E-state index in [0.29, 0.717) is 17.0 Å². The molecule has 0 aliphatic rings. The second kappa shape index (κ2) is 11.2. The summed E-state index contributed by atoms with van der Waals surface area (Å²) in [5.74, 6) is -2.30. The van der Waals surface area contributed by atoms with Gasteiger partial charge in [-0.25, -0.2) is 14.8 Å². The van der Waals surface area contributed by atoms with E-state index in [1.807, 2.05) is 24.3 Å². The number of carboxylic acid groups (broad SMARTS) is 1. The average molecular weight is 499 g/mol. The van der Waals surface area contributed by atoms with Crippen LogP contribution in [0.15, 0.2) is 78.8 Å². The second-order valence-corrected chi connectivity index (χ2v) is 8.42. The van der Waals surface area contributed by atoms with Crippen LogP contribution in [0.25, 0.3) is 10.9 Å². The zero-order chi connectivity index (χ0) is 26.4. The van der Waals surface area contributed by atoms with Gasteiger partial charge in [-0.15, -0.1) is 0 Å². The zero-order valence-corrected chi connectivity index (χ0v) is 20.3. The summed E-state index contributed by atoms with van der Waals surface area (Å²) in [5.41, 5.74) is 3.17. The fraction of sp³-hybridized carbons (Fsp3) is 0.148. The van der Waals surface area contributed by atoms with E-state index >= 15 is 0 Å². The van der Waals surface area contributed by atoms with Gasteiger partial charge in [0.2, 0.25) is 5.95 Å². The first kappa shape index (κ1) is 25.1. The van der Waals surface area contributed by atoms with Crippen LogP contribution in [0.1, 0.15) is 27.3 Å². The third-order valence-corrected chi connectivity index (χ3v) is 5.56. The highest BCUT2D eigenvalue weighted by molar-refractivity contribution is 6.03. The Hall–Kier alpha value is -4.99. The van der Waals surface area contributed by atoms with E-state index in [0.717, 1.165) is 16.5 Å². The number of H-pyrrole nitrogens is 1. The maximum atomic E-state index is 13.2. The number of aromatic amines is 1. The lowest BCUT2D eigenvalue weighted by atomic mass is 10.0. The minimum absolute atomic E-state index is 0.0403. The summed E-state index contributed by atoms with van der Waals surface area (Å²) in [6.07, 6.45) is 3.01. The molecule has 2 amide bonds. The number of para-hydroxylation sites is 1. The summed E-state index contributed by atoms with van der Waals surface area (Å²) >= 11 is 0. The van der Waals surface area contributed by atoms with E-state index in [4.69, 9.17) is 0 Å². The largest absolute Gasteiger partial charge is 0.480 e. The van der Waals surface area contributed by atoms with E-state index in [-0.39, 0.29) is 18.1 Å². The van der Waals surface area contributed by atoms with E-state index in [1.54, 1.807) is 56.4 Å². The molecule has 10 heteroatoms. The van der Waals surface area contributed by atoms with Crippen LogP contribution in [-0.2, 0) is 16.0 Å². The van der Waals surface area contributed by atoms with Crippen LogP contribution in [0.3, 0.4) is 0 Å². The van der Waals surface area contributed by atoms with Gasteiger partial charge in [0.05, 0.1) is 0 Å². The third-order valence-electron chi connectivity index (χ3n) is 5.56. The number of hydrogen-bond donors (Lipinski definition) is 5. The SMILES string of the molecule is Cc1cc(C)nc(N/C=C(\NC(=O)c2ccccc2)C(=O)NC(Cc2c[nH]c3ccccc23)C(=O)O)n1. The van der Waals surface area contributed by atoms with Crippen LogP contribution < -0.4 is 16.0 Å². The van der Waals surface area contributed by atoms with Crippen molar-refractivity contribution in [2.24, 2.45) is 0 Å². The van der Waals surface area contributed by atoms with Crippen molar-refractivity contribution in [1.82, 2.24) is 25.6 Å². The summed E-state index contributed by atoms with van der Waals surface area (Å²) in [7, 11) is 0. The Balaban J connectivity index is 1.58. The number of nitrogens with one attached hydrogen (secondary N) is 4. The first-order chi connectivity index (χ1) is 17.8. The molecule has 0 aliphatic carbocycles. The molecule has 0 saturated carbocycles. The topological polar surface area (TPSA) is 149 Å². The predicted octanol–water partition coefficient (Wildman–Crippen LogP) is 3.07. The molecular weight excluding hydrogens is 472 g/mol. The molecule has 0 saturated heterocycles. The number of nitrogens with zero attached hydrogens (tertiary/aromatic N) is 2. The molecule has 4 aromatic rings. The molecule has 5 N–H and O–H groups in total. The number of aromatic nitrogens is 3. The number of hydrogen-bond acceptors (Lipinski definition) is 6. The number of amides is 2. The predicted molar refractivity (Wildman–Crippen MR) is 139 cm³/mol. The summed E-state index contributed by atoms with van der Waals surface area (Å²) in [4.78, 5) is 49.7. The van der Waals surface area contributed by atoms with Crippen LogP contribution in [-0.4, -0.2) is 43.9 Å². The molecule has 37 heavy (non-hydrogen) atoms. The van der Waals surface area contributed by atoms with E-state index in [9.17, 15) is 19.5 Å². The second-order valence-electron chi connectivity index (χ2n) is 8.42. The van der Waals surface area contributed by atoms with Crippen LogP contribution in [0.2, 0.25) is 0 Å². The molecule has 188 valence electrons. The molecule has 2 heterocycles. The molecule has 2 aromatic carbocycles. The van der Waals surface area contributed by atoms with Crippen molar-refractivity contribution in [3.63, 3.8) is 0 Å². The Bertz CT molecular complexity index is 1460. The molecule has 4 rings (SSSR count). The van der Waals surface area contributed by atoms with Crippen molar-refractivity contribution in [3.05, 3.63) is 101 Å². The molecule has 0 spiro atoms. The van der Waals surface area contributed by atoms with Crippen LogP contribution in [0.4, 0.5) is 5.95 Å². The summed E-state index contributed by atoms with van der Waals surface area (Å²) in [6, 6.07) is 16.4. The highest BCUT2D eigenvalue weighted by Crippen LogP contribution is 2.19. The molecule has 0 radical (unpaired) electrons. The van der Waals surface area contributed by atoms with Crippen molar-refractivity contribution in [3.8, 4) is 0 Å². The van der Waals surface area contributed by atoms with Crippen molar-refractivity contribution < 1.29 is 19.5 Å². The Morgan fingerprint density at radius 3 is 2.38 bits per heavy atom. The molecule has 1 atom stereocenters. The number of anilines is 1. The van der Waals surface area contributed by atoms with Gasteiger partial charge < -0.3 is 26.0 Å². The lowest BCUT2D eigenvalue weighted by Gasteiger charge is -2.17. The van der Waals surface area contributed by atoms with E-state index in [2.05, 4.69) is 30.9 Å². The number of carboxylic acids is 1. The van der Waals surface area contributed by atoms with Crippen molar-refractivity contribution >= 4 is 34.6 Å². The first-order valence-electron chi connectivity index (χ1n) is 11.5. The van der Waals surface area contributed by atoms with Crippen molar-refractivity contribution in [1.29, 1.82) is 0 Å². The summed E-state index contributed by atoms with van der Waals surface area (Å²) < 4.78 is 0. The van der Waals surface area contributed by atoms with E-state index < -0.39 is 23.8 Å². The van der Waals surface area contributed by atoms with Gasteiger partial charge in [-0.1, -0.05) is 36.4 Å². The number of carbonyl (C=O) groups is 3. The maximum absolute atomic E-state index is 13.2. The Morgan fingerprint density at radius 2 is 1.68 bits per heavy atom. The normalized spacial score (nSPS) is 12.1. The standard InChI is InChI=1S/C27H26N6O4/c1-16-12-17(2)31-27(30-16)29-15-23(33-24(34)18-8-4-3-5-9-18)25(35)32-22(26(36)37)13-19-14-28-21-11-7-6-10-20(19)21/h3-12,14-15,22,28H,13H2,1-2H3,(H,32,35)(H,33,34)(H,36,37)(H,29,30,31)/b23-15-. The number of fused-ring (bicyclic) bond motifs is 1. The maximum Gasteiger partial charge on any atom is 0.326 e. The van der Waals surface area contributed by atoms with Gasteiger partial charge in [-0.05, 0) is 43.7 Å². The van der Waals surface area contributed by atoms with Gasteiger partial charge in [-0.3, -0.25) is 9.59 Å². The van der Waals surface area contributed by atoms with Crippen LogP contribution in [0, 0.1) is 13.8 Å². The van der Waals surface area contributed by atoms with E-state index in [1.165, 1.54) is 6.20 Å². The molecule has 2 aromatic heterocycles. The van der Waals surface area contributed by atoms with Gasteiger partial charge in [0.15, 0.2) is 0 Å². The van der Waals surface area contributed by atoms with Gasteiger partial charge in [-0.2, -0.15) is 0 Å². The smallest absolute Gasteiger partial charge is 0.326 e. The molecule has 0 aliphatic heterocycles. The third kappa shape index (κ3) is 6.37. The van der Waals surface area contributed by atoms with Gasteiger partial charge in [0.1, 0.15) is 11.7 Å². The van der Waals surface area contributed by atoms with Gasteiger partial charge >= 0.3 is 5.97 Å². The molecule has 0 bridgehead atoms. The number of aryl methyl sites for hydroxylation is 2.